The van der Waals surface area contributed by atoms with Crippen LogP contribution >= 0.6 is 0 Å². The normalized spacial score (nSPS) is 12.5. The van der Waals surface area contributed by atoms with Crippen LogP contribution in [0, 0.1) is 0 Å². The first-order chi connectivity index (χ1) is 23.4. The Labute approximate surface area is 304 Å². The highest BCUT2D eigenvalue weighted by Gasteiger charge is 2.31. The molecule has 0 spiro atoms. The van der Waals surface area contributed by atoms with Crippen LogP contribution in [0.5, 0.6) is 11.5 Å². The standard InChI is InChI=1S/C43H57NO7/c1-40(2,3)30-22-28(18-20-44-31-16-14-27(15-17-31)19-21-50-36(46)26-35(45)49-13)38(34(25-30)43(10,11)12)51-39(48)29-23-32(41(4,5)6)37(47)33(24-29)42(7,8)9/h14-17,19,21-25,44,47H,18,20,26H2,1-13H3/b21-19+. The summed E-state index contributed by atoms with van der Waals surface area (Å²) in [6, 6.07) is 15.4. The van der Waals surface area contributed by atoms with Gasteiger partial charge in [0.15, 0.2) is 0 Å². The van der Waals surface area contributed by atoms with Crippen LogP contribution in [0.2, 0.25) is 0 Å². The molecule has 0 heterocycles. The number of aromatic hydroxyl groups is 1. The number of carbonyl (C=O) groups is 3. The van der Waals surface area contributed by atoms with Gasteiger partial charge in [-0.2, -0.15) is 0 Å². The molecule has 0 aromatic heterocycles. The minimum atomic E-state index is -0.695. The Kier molecular flexibility index (Phi) is 12.6. The van der Waals surface area contributed by atoms with Gasteiger partial charge in [0, 0.05) is 28.9 Å². The summed E-state index contributed by atoms with van der Waals surface area (Å²) in [5.74, 6) is -1.04. The van der Waals surface area contributed by atoms with Gasteiger partial charge in [0.05, 0.1) is 18.9 Å². The van der Waals surface area contributed by atoms with Crippen molar-refractivity contribution in [3.05, 3.63) is 93.7 Å². The molecule has 0 saturated heterocycles. The lowest BCUT2D eigenvalue weighted by atomic mass is 9.78. The number of rotatable bonds is 10. The van der Waals surface area contributed by atoms with Crippen LogP contribution in [0.1, 0.15) is 133 Å². The Balaban J connectivity index is 1.94. The van der Waals surface area contributed by atoms with E-state index in [9.17, 15) is 19.5 Å². The van der Waals surface area contributed by atoms with Crippen molar-refractivity contribution in [2.24, 2.45) is 0 Å². The van der Waals surface area contributed by atoms with E-state index in [1.165, 1.54) is 13.4 Å². The first-order valence-electron chi connectivity index (χ1n) is 17.5. The molecule has 0 aliphatic heterocycles. The van der Waals surface area contributed by atoms with E-state index < -0.39 is 35.2 Å². The third-order valence-electron chi connectivity index (χ3n) is 8.61. The van der Waals surface area contributed by atoms with Crippen LogP contribution in [0.3, 0.4) is 0 Å². The number of nitrogens with one attached hydrogen (secondary N) is 1. The average Bonchev–Trinajstić information content (AvgIpc) is 3.00. The lowest BCUT2D eigenvalue weighted by Gasteiger charge is -2.30. The van der Waals surface area contributed by atoms with Crippen molar-refractivity contribution >= 4 is 29.7 Å². The Morgan fingerprint density at radius 1 is 0.725 bits per heavy atom. The number of ether oxygens (including phenoxy) is 3. The molecule has 0 bridgehead atoms. The van der Waals surface area contributed by atoms with Gasteiger partial charge in [-0.25, -0.2) is 4.79 Å². The number of hydrogen-bond acceptors (Lipinski definition) is 8. The summed E-state index contributed by atoms with van der Waals surface area (Å²) in [5.41, 5.74) is 5.29. The van der Waals surface area contributed by atoms with E-state index >= 15 is 0 Å². The monoisotopic (exact) mass is 699 g/mol. The molecule has 0 unspecified atom stereocenters. The Hall–Kier alpha value is -4.59. The molecule has 0 saturated carbocycles. The van der Waals surface area contributed by atoms with Crippen molar-refractivity contribution in [3.63, 3.8) is 0 Å². The summed E-state index contributed by atoms with van der Waals surface area (Å²) in [6.45, 7) is 25.6. The second-order valence-electron chi connectivity index (χ2n) is 17.2. The number of benzene rings is 3. The first-order valence-corrected chi connectivity index (χ1v) is 17.5. The van der Waals surface area contributed by atoms with Gasteiger partial charge in [0.1, 0.15) is 17.9 Å². The largest absolute Gasteiger partial charge is 0.507 e. The fourth-order valence-electron chi connectivity index (χ4n) is 5.51. The fourth-order valence-corrected chi connectivity index (χ4v) is 5.51. The van der Waals surface area contributed by atoms with Crippen molar-refractivity contribution in [2.45, 2.75) is 118 Å². The number of phenols is 1. The molecule has 3 aromatic rings. The van der Waals surface area contributed by atoms with Crippen molar-refractivity contribution in [2.75, 3.05) is 19.0 Å². The summed E-state index contributed by atoms with van der Waals surface area (Å²) < 4.78 is 15.8. The van der Waals surface area contributed by atoms with E-state index in [0.29, 0.717) is 35.4 Å². The minimum absolute atomic E-state index is 0.137. The third-order valence-corrected chi connectivity index (χ3v) is 8.61. The number of anilines is 1. The molecule has 8 nitrogen and oxygen atoms in total. The van der Waals surface area contributed by atoms with Crippen molar-refractivity contribution in [1.29, 1.82) is 0 Å². The van der Waals surface area contributed by atoms with Crippen molar-refractivity contribution < 1.29 is 33.7 Å². The van der Waals surface area contributed by atoms with Crippen molar-refractivity contribution in [1.82, 2.24) is 0 Å². The molecule has 0 radical (unpaired) electrons. The van der Waals surface area contributed by atoms with E-state index in [4.69, 9.17) is 9.47 Å². The predicted octanol–water partition coefficient (Wildman–Crippen LogP) is 9.53. The van der Waals surface area contributed by atoms with Crippen LogP contribution in [0.25, 0.3) is 6.08 Å². The first kappa shape index (κ1) is 40.8. The average molecular weight is 700 g/mol. The molecule has 0 aliphatic rings. The van der Waals surface area contributed by atoms with Crippen LogP contribution < -0.4 is 10.1 Å². The maximum atomic E-state index is 14.1. The zero-order chi connectivity index (χ0) is 38.5. The molecule has 0 amide bonds. The molecule has 0 fully saturated rings. The van der Waals surface area contributed by atoms with Crippen LogP contribution in [-0.2, 0) is 47.1 Å². The lowest BCUT2D eigenvalue weighted by molar-refractivity contribution is -0.149. The Morgan fingerprint density at radius 3 is 1.76 bits per heavy atom. The van der Waals surface area contributed by atoms with E-state index in [-0.39, 0.29) is 16.6 Å². The van der Waals surface area contributed by atoms with E-state index in [0.717, 1.165) is 27.9 Å². The van der Waals surface area contributed by atoms with Gasteiger partial charge in [0.25, 0.3) is 0 Å². The van der Waals surface area contributed by atoms with Gasteiger partial charge in [-0.05, 0) is 75.1 Å². The summed E-state index contributed by atoms with van der Waals surface area (Å²) in [7, 11) is 1.21. The summed E-state index contributed by atoms with van der Waals surface area (Å²) in [6.07, 6.45) is 3.02. The quantitative estimate of drug-likeness (QED) is 0.0932. The zero-order valence-corrected chi connectivity index (χ0v) is 32.8. The molecule has 3 rings (SSSR count). The van der Waals surface area contributed by atoms with Gasteiger partial charge >= 0.3 is 17.9 Å². The van der Waals surface area contributed by atoms with Crippen molar-refractivity contribution in [3.8, 4) is 11.5 Å². The molecule has 0 aliphatic carbocycles. The van der Waals surface area contributed by atoms with E-state index in [1.54, 1.807) is 18.2 Å². The molecule has 0 atom stereocenters. The zero-order valence-electron chi connectivity index (χ0n) is 32.8. The molecule has 3 aromatic carbocycles. The topological polar surface area (TPSA) is 111 Å². The molecular formula is C43H57NO7. The van der Waals surface area contributed by atoms with Crippen LogP contribution in [-0.4, -0.2) is 36.7 Å². The number of carbonyl (C=O) groups excluding carboxylic acids is 3. The van der Waals surface area contributed by atoms with Crippen LogP contribution in [0.4, 0.5) is 5.69 Å². The fraction of sp³-hybridized carbons (Fsp3) is 0.465. The molecule has 51 heavy (non-hydrogen) atoms. The predicted molar refractivity (Wildman–Crippen MR) is 205 cm³/mol. The van der Waals surface area contributed by atoms with Gasteiger partial charge < -0.3 is 24.6 Å². The second-order valence-corrected chi connectivity index (χ2v) is 17.2. The Bertz CT molecular complexity index is 1720. The molecular weight excluding hydrogens is 642 g/mol. The third kappa shape index (κ3) is 11.2. The summed E-state index contributed by atoms with van der Waals surface area (Å²) in [4.78, 5) is 37.0. The van der Waals surface area contributed by atoms with Crippen LogP contribution in [0.15, 0.2) is 54.8 Å². The lowest BCUT2D eigenvalue weighted by Crippen LogP contribution is -2.23. The van der Waals surface area contributed by atoms with E-state index in [1.807, 2.05) is 65.8 Å². The van der Waals surface area contributed by atoms with Gasteiger partial charge in [-0.3, -0.25) is 9.59 Å². The molecule has 2 N–H and O–H groups in total. The SMILES string of the molecule is COC(=O)CC(=O)O/C=C/c1ccc(NCCc2cc(C(C)(C)C)cc(C(C)(C)C)c2OC(=O)c2cc(C(C)(C)C)c(O)c(C(C)(C)C)c2)cc1. The summed E-state index contributed by atoms with van der Waals surface area (Å²) in [5, 5.41) is 14.7. The smallest absolute Gasteiger partial charge is 0.343 e. The molecule has 8 heteroatoms. The number of methoxy groups -OCH3 is 1. The summed E-state index contributed by atoms with van der Waals surface area (Å²) >= 11 is 0. The number of esters is 3. The highest BCUT2D eigenvalue weighted by molar-refractivity contribution is 5.93. The highest BCUT2D eigenvalue weighted by atomic mass is 16.5. The number of hydrogen-bond donors (Lipinski definition) is 2. The number of phenolic OH excluding ortho intramolecular Hbond substituents is 1. The maximum Gasteiger partial charge on any atom is 0.343 e. The van der Waals surface area contributed by atoms with Gasteiger partial charge in [-0.1, -0.05) is 107 Å². The minimum Gasteiger partial charge on any atom is -0.507 e. The second kappa shape index (κ2) is 15.7. The van der Waals surface area contributed by atoms with Gasteiger partial charge in [0.2, 0.25) is 0 Å². The maximum absolute atomic E-state index is 14.1. The van der Waals surface area contributed by atoms with Gasteiger partial charge in [-0.15, -0.1) is 0 Å². The van der Waals surface area contributed by atoms with E-state index in [2.05, 4.69) is 63.7 Å². The Morgan fingerprint density at radius 2 is 1.27 bits per heavy atom. The highest BCUT2D eigenvalue weighted by Crippen LogP contribution is 2.42. The molecule has 276 valence electrons.